The molecular formula is C13H16N6. The molecule has 0 aliphatic heterocycles. The molecule has 0 aliphatic carbocycles. The van der Waals surface area contributed by atoms with Gasteiger partial charge in [0.25, 0.3) is 0 Å². The molecule has 1 unspecified atom stereocenters. The van der Waals surface area contributed by atoms with Gasteiger partial charge in [-0.05, 0) is 32.0 Å². The minimum absolute atomic E-state index is 0.0705. The predicted molar refractivity (Wildman–Crippen MR) is 73.7 cm³/mol. The third-order valence-corrected chi connectivity index (χ3v) is 3.40. The summed E-state index contributed by atoms with van der Waals surface area (Å²) >= 11 is 0. The largest absolute Gasteiger partial charge is 0.399 e. The number of benzene rings is 1. The summed E-state index contributed by atoms with van der Waals surface area (Å²) < 4.78 is 4.08. The van der Waals surface area contributed by atoms with Crippen LogP contribution in [0.3, 0.4) is 0 Å². The standard InChI is InChI=1S/C13H16N6/c1-8(13-17-15-7-18(13)3)19-9(2)16-11-6-10(14)4-5-12(11)19/h4-8H,14H2,1-3H3. The molecule has 0 amide bonds. The Kier molecular flexibility index (Phi) is 2.51. The predicted octanol–water partition coefficient (Wildman–Crippen LogP) is 1.66. The van der Waals surface area contributed by atoms with E-state index in [1.165, 1.54) is 0 Å². The molecule has 0 aliphatic rings. The summed E-state index contributed by atoms with van der Waals surface area (Å²) in [6.07, 6.45) is 1.71. The van der Waals surface area contributed by atoms with Crippen molar-refractivity contribution in [2.75, 3.05) is 5.73 Å². The molecule has 0 saturated heterocycles. The van der Waals surface area contributed by atoms with Crippen LogP contribution in [0.5, 0.6) is 0 Å². The van der Waals surface area contributed by atoms with Gasteiger partial charge in [0.2, 0.25) is 0 Å². The maximum Gasteiger partial charge on any atom is 0.155 e. The highest BCUT2D eigenvalue weighted by Crippen LogP contribution is 2.25. The molecule has 1 aromatic carbocycles. The van der Waals surface area contributed by atoms with Crippen LogP contribution in [0, 0.1) is 6.92 Å². The topological polar surface area (TPSA) is 74.6 Å². The van der Waals surface area contributed by atoms with Gasteiger partial charge >= 0.3 is 0 Å². The minimum Gasteiger partial charge on any atom is -0.399 e. The number of nitrogens with zero attached hydrogens (tertiary/aromatic N) is 5. The van der Waals surface area contributed by atoms with Crippen LogP contribution in [0.15, 0.2) is 24.5 Å². The zero-order valence-electron chi connectivity index (χ0n) is 11.2. The van der Waals surface area contributed by atoms with Crippen LogP contribution < -0.4 is 5.73 Å². The molecular weight excluding hydrogens is 240 g/mol. The Bertz CT molecular complexity index is 739. The number of aromatic nitrogens is 5. The second-order valence-electron chi connectivity index (χ2n) is 4.75. The fourth-order valence-corrected chi connectivity index (χ4v) is 2.51. The summed E-state index contributed by atoms with van der Waals surface area (Å²) in [6.45, 7) is 4.08. The van der Waals surface area contributed by atoms with E-state index in [1.807, 2.05) is 36.7 Å². The lowest BCUT2D eigenvalue weighted by molar-refractivity contribution is 0.574. The highest BCUT2D eigenvalue weighted by atomic mass is 15.3. The molecule has 0 radical (unpaired) electrons. The molecule has 2 heterocycles. The van der Waals surface area contributed by atoms with E-state index in [9.17, 15) is 0 Å². The van der Waals surface area contributed by atoms with Gasteiger partial charge in [0.05, 0.1) is 17.1 Å². The minimum atomic E-state index is 0.0705. The Morgan fingerprint density at radius 2 is 2.11 bits per heavy atom. The average Bonchev–Trinajstić information content (AvgIpc) is 2.90. The lowest BCUT2D eigenvalue weighted by atomic mass is 10.2. The van der Waals surface area contributed by atoms with Gasteiger partial charge in [0.15, 0.2) is 5.82 Å². The molecule has 6 heteroatoms. The monoisotopic (exact) mass is 256 g/mol. The summed E-state index contributed by atoms with van der Waals surface area (Å²) in [5, 5.41) is 8.11. The van der Waals surface area contributed by atoms with Crippen LogP contribution in [0.2, 0.25) is 0 Å². The first-order valence-electron chi connectivity index (χ1n) is 6.16. The molecule has 98 valence electrons. The van der Waals surface area contributed by atoms with E-state index in [4.69, 9.17) is 5.73 Å². The van der Waals surface area contributed by atoms with Crippen LogP contribution in [0.4, 0.5) is 5.69 Å². The molecule has 2 aromatic heterocycles. The Morgan fingerprint density at radius 3 is 2.79 bits per heavy atom. The van der Waals surface area contributed by atoms with Gasteiger partial charge in [-0.3, -0.25) is 0 Å². The second kappa shape index (κ2) is 4.08. The highest BCUT2D eigenvalue weighted by molar-refractivity contribution is 5.79. The van der Waals surface area contributed by atoms with Crippen molar-refractivity contribution in [3.8, 4) is 0 Å². The zero-order valence-corrected chi connectivity index (χ0v) is 11.2. The van der Waals surface area contributed by atoms with E-state index in [-0.39, 0.29) is 6.04 Å². The number of anilines is 1. The fourth-order valence-electron chi connectivity index (χ4n) is 2.51. The molecule has 19 heavy (non-hydrogen) atoms. The van der Waals surface area contributed by atoms with Gasteiger partial charge in [-0.25, -0.2) is 4.98 Å². The quantitative estimate of drug-likeness (QED) is 0.708. The maximum atomic E-state index is 5.80. The Morgan fingerprint density at radius 1 is 1.32 bits per heavy atom. The van der Waals surface area contributed by atoms with Crippen LogP contribution in [-0.4, -0.2) is 24.3 Å². The summed E-state index contributed by atoms with van der Waals surface area (Å²) in [6, 6.07) is 5.85. The van der Waals surface area contributed by atoms with E-state index < -0.39 is 0 Å². The Hall–Kier alpha value is -2.37. The maximum absolute atomic E-state index is 5.80. The lowest BCUT2D eigenvalue weighted by Crippen LogP contribution is -2.13. The number of fused-ring (bicyclic) bond motifs is 1. The second-order valence-corrected chi connectivity index (χ2v) is 4.75. The first-order valence-corrected chi connectivity index (χ1v) is 6.16. The van der Waals surface area contributed by atoms with Crippen LogP contribution in [0.1, 0.15) is 24.6 Å². The van der Waals surface area contributed by atoms with Crippen molar-refractivity contribution in [3.63, 3.8) is 0 Å². The van der Waals surface area contributed by atoms with E-state index in [0.717, 1.165) is 28.4 Å². The van der Waals surface area contributed by atoms with Gasteiger partial charge in [0, 0.05) is 12.7 Å². The SMILES string of the molecule is Cc1nc2cc(N)ccc2n1C(C)c1nncn1C. The van der Waals surface area contributed by atoms with Gasteiger partial charge in [-0.2, -0.15) is 0 Å². The zero-order chi connectivity index (χ0) is 13.6. The van der Waals surface area contributed by atoms with E-state index in [1.54, 1.807) is 6.33 Å². The molecule has 0 bridgehead atoms. The van der Waals surface area contributed by atoms with E-state index in [0.29, 0.717) is 0 Å². The van der Waals surface area contributed by atoms with Crippen molar-refractivity contribution in [2.24, 2.45) is 7.05 Å². The van der Waals surface area contributed by atoms with Crippen molar-refractivity contribution in [2.45, 2.75) is 19.9 Å². The molecule has 0 spiro atoms. The molecule has 0 fully saturated rings. The van der Waals surface area contributed by atoms with Crippen LogP contribution in [0.25, 0.3) is 11.0 Å². The number of nitrogen functional groups attached to an aromatic ring is 1. The smallest absolute Gasteiger partial charge is 0.155 e. The molecule has 6 nitrogen and oxygen atoms in total. The number of hydrogen-bond acceptors (Lipinski definition) is 4. The van der Waals surface area contributed by atoms with Gasteiger partial charge in [-0.15, -0.1) is 10.2 Å². The van der Waals surface area contributed by atoms with Crippen molar-refractivity contribution >= 4 is 16.7 Å². The average molecular weight is 256 g/mol. The first-order chi connectivity index (χ1) is 9.08. The fraction of sp³-hybridized carbons (Fsp3) is 0.308. The third-order valence-electron chi connectivity index (χ3n) is 3.40. The number of aryl methyl sites for hydroxylation is 2. The van der Waals surface area contributed by atoms with Crippen molar-refractivity contribution in [3.05, 3.63) is 36.2 Å². The molecule has 1 atom stereocenters. The molecule has 3 aromatic rings. The van der Waals surface area contributed by atoms with Crippen molar-refractivity contribution in [1.29, 1.82) is 0 Å². The molecule has 3 rings (SSSR count). The molecule has 0 saturated carbocycles. The normalized spacial score (nSPS) is 13.0. The summed E-state index contributed by atoms with van der Waals surface area (Å²) in [5.41, 5.74) is 8.49. The molecule has 2 N–H and O–H groups in total. The Balaban J connectivity index is 2.20. The Labute approximate surface area is 110 Å². The van der Waals surface area contributed by atoms with E-state index >= 15 is 0 Å². The summed E-state index contributed by atoms with van der Waals surface area (Å²) in [5.74, 6) is 1.84. The van der Waals surface area contributed by atoms with E-state index in [2.05, 4.69) is 26.7 Å². The van der Waals surface area contributed by atoms with Gasteiger partial charge in [0.1, 0.15) is 12.2 Å². The summed E-state index contributed by atoms with van der Waals surface area (Å²) in [4.78, 5) is 4.56. The van der Waals surface area contributed by atoms with Crippen LogP contribution in [-0.2, 0) is 7.05 Å². The van der Waals surface area contributed by atoms with Crippen LogP contribution >= 0.6 is 0 Å². The van der Waals surface area contributed by atoms with Gasteiger partial charge in [-0.1, -0.05) is 0 Å². The number of hydrogen-bond donors (Lipinski definition) is 1. The number of nitrogens with two attached hydrogens (primary N) is 1. The van der Waals surface area contributed by atoms with Crippen molar-refractivity contribution in [1.82, 2.24) is 24.3 Å². The van der Waals surface area contributed by atoms with Crippen molar-refractivity contribution < 1.29 is 0 Å². The lowest BCUT2D eigenvalue weighted by Gasteiger charge is -2.15. The number of imidazole rings is 1. The first kappa shape index (κ1) is 11.7. The summed E-state index contributed by atoms with van der Waals surface area (Å²) in [7, 11) is 1.94. The third kappa shape index (κ3) is 1.76. The van der Waals surface area contributed by atoms with Gasteiger partial charge < -0.3 is 14.9 Å². The highest BCUT2D eigenvalue weighted by Gasteiger charge is 2.18. The number of rotatable bonds is 2.